The fourth-order valence-corrected chi connectivity index (χ4v) is 4.25. The largest absolute Gasteiger partial charge is 0.130 e. The van der Waals surface area contributed by atoms with E-state index in [4.69, 9.17) is 6.42 Å². The van der Waals surface area contributed by atoms with Crippen molar-refractivity contribution in [2.24, 2.45) is 5.41 Å². The highest BCUT2D eigenvalue weighted by Gasteiger charge is 2.44. The first-order chi connectivity index (χ1) is 5.02. The van der Waals surface area contributed by atoms with Crippen molar-refractivity contribution in [1.29, 1.82) is 0 Å². The zero-order chi connectivity index (χ0) is 8.54. The smallest absolute Gasteiger partial charge is 0.126 e. The van der Waals surface area contributed by atoms with Gasteiger partial charge in [-0.3, -0.25) is 0 Å². The molecule has 0 bridgehead atoms. The first kappa shape index (κ1) is 9.35. The van der Waals surface area contributed by atoms with Crippen LogP contribution in [-0.4, -0.2) is 15.6 Å². The summed E-state index contributed by atoms with van der Waals surface area (Å²) in [6.07, 6.45) is 5.56. The van der Waals surface area contributed by atoms with Crippen molar-refractivity contribution in [3.63, 3.8) is 0 Å². The molecular formula is C9H14S2. The van der Waals surface area contributed by atoms with Crippen molar-refractivity contribution in [3.8, 4) is 12.3 Å². The average molecular weight is 186 g/mol. The number of rotatable bonds is 0. The third-order valence-electron chi connectivity index (χ3n) is 1.87. The summed E-state index contributed by atoms with van der Waals surface area (Å²) in [6.45, 7) is 6.66. The molecule has 0 amide bonds. The fourth-order valence-electron chi connectivity index (χ4n) is 1.15. The molecule has 0 aliphatic carbocycles. The molecule has 0 nitrogen and oxygen atoms in total. The molecule has 11 heavy (non-hydrogen) atoms. The summed E-state index contributed by atoms with van der Waals surface area (Å²) >= 11 is 3.85. The Hall–Kier alpha value is 0.260. The molecule has 0 saturated carbocycles. The maximum Gasteiger partial charge on any atom is 0.126 e. The minimum Gasteiger partial charge on any atom is -0.130 e. The topological polar surface area (TPSA) is 0 Å². The molecule has 0 unspecified atom stereocenters. The number of hydrogen-bond donors (Lipinski definition) is 0. The molecule has 0 aromatic heterocycles. The van der Waals surface area contributed by atoms with Crippen LogP contribution in [0.5, 0.6) is 0 Å². The van der Waals surface area contributed by atoms with Gasteiger partial charge in [-0.1, -0.05) is 26.7 Å². The summed E-state index contributed by atoms with van der Waals surface area (Å²) in [5.41, 5.74) is 0.216. The fraction of sp³-hybridized carbons (Fsp3) is 0.778. The Kier molecular flexibility index (Phi) is 2.51. The molecule has 0 radical (unpaired) electrons. The van der Waals surface area contributed by atoms with Gasteiger partial charge in [0.05, 0.1) is 0 Å². The lowest BCUT2D eigenvalue weighted by Crippen LogP contribution is -2.32. The van der Waals surface area contributed by atoms with E-state index in [1.54, 1.807) is 0 Å². The highest BCUT2D eigenvalue weighted by molar-refractivity contribution is 8.21. The molecule has 1 aliphatic heterocycles. The highest BCUT2D eigenvalue weighted by atomic mass is 32.2. The SMILES string of the molecule is C#CC1(C(C)(C)C)SCCS1. The Balaban J connectivity index is 2.86. The normalized spacial score (nSPS) is 23.1. The molecule has 2 heteroatoms. The first-order valence-electron chi connectivity index (χ1n) is 3.77. The molecule has 1 aliphatic rings. The molecule has 0 aromatic rings. The van der Waals surface area contributed by atoms with Crippen LogP contribution in [0.15, 0.2) is 0 Å². The van der Waals surface area contributed by atoms with Gasteiger partial charge in [0.25, 0.3) is 0 Å². The molecule has 0 aromatic carbocycles. The second-order valence-corrected chi connectivity index (χ2v) is 6.58. The lowest BCUT2D eigenvalue weighted by Gasteiger charge is -2.35. The third kappa shape index (κ3) is 1.55. The van der Waals surface area contributed by atoms with E-state index in [0.717, 1.165) is 0 Å². The third-order valence-corrected chi connectivity index (χ3v) is 5.93. The predicted octanol–water partition coefficient (Wildman–Crippen LogP) is 2.84. The first-order valence-corrected chi connectivity index (χ1v) is 5.75. The van der Waals surface area contributed by atoms with Gasteiger partial charge in [-0.25, -0.2) is 0 Å². The maximum atomic E-state index is 5.56. The van der Waals surface area contributed by atoms with Crippen LogP contribution in [0.2, 0.25) is 0 Å². The Bertz CT molecular complexity index is 177. The van der Waals surface area contributed by atoms with E-state index in [2.05, 4.69) is 26.7 Å². The average Bonchev–Trinajstić information content (AvgIpc) is 2.33. The molecule has 0 atom stereocenters. The molecule has 1 saturated heterocycles. The minimum absolute atomic E-state index is 0.0347. The summed E-state index contributed by atoms with van der Waals surface area (Å²) in [5, 5.41) is 0. The van der Waals surface area contributed by atoms with E-state index in [-0.39, 0.29) is 9.49 Å². The van der Waals surface area contributed by atoms with Gasteiger partial charge in [0.1, 0.15) is 4.08 Å². The molecule has 62 valence electrons. The monoisotopic (exact) mass is 186 g/mol. The lowest BCUT2D eigenvalue weighted by molar-refractivity contribution is 0.418. The van der Waals surface area contributed by atoms with Gasteiger partial charge in [-0.2, -0.15) is 0 Å². The highest BCUT2D eigenvalue weighted by Crippen LogP contribution is 2.54. The van der Waals surface area contributed by atoms with Gasteiger partial charge in [0.15, 0.2) is 0 Å². The Labute approximate surface area is 77.9 Å². The van der Waals surface area contributed by atoms with Gasteiger partial charge in [-0.15, -0.1) is 29.9 Å². The van der Waals surface area contributed by atoms with Crippen LogP contribution < -0.4 is 0 Å². The number of hydrogen-bond acceptors (Lipinski definition) is 2. The summed E-state index contributed by atoms with van der Waals surface area (Å²) in [7, 11) is 0. The summed E-state index contributed by atoms with van der Waals surface area (Å²) < 4.78 is 0.0347. The van der Waals surface area contributed by atoms with Crippen LogP contribution in [0.25, 0.3) is 0 Å². The van der Waals surface area contributed by atoms with Gasteiger partial charge in [0, 0.05) is 11.5 Å². The Morgan fingerprint density at radius 3 is 1.91 bits per heavy atom. The van der Waals surface area contributed by atoms with Crippen molar-refractivity contribution in [3.05, 3.63) is 0 Å². The van der Waals surface area contributed by atoms with Crippen molar-refractivity contribution in [2.75, 3.05) is 11.5 Å². The van der Waals surface area contributed by atoms with E-state index in [1.165, 1.54) is 11.5 Å². The van der Waals surface area contributed by atoms with Gasteiger partial charge >= 0.3 is 0 Å². The minimum atomic E-state index is 0.0347. The molecule has 1 heterocycles. The molecule has 0 spiro atoms. The van der Waals surface area contributed by atoms with Crippen LogP contribution in [0.4, 0.5) is 0 Å². The van der Waals surface area contributed by atoms with Crippen LogP contribution in [0, 0.1) is 17.8 Å². The zero-order valence-electron chi connectivity index (χ0n) is 7.31. The van der Waals surface area contributed by atoms with E-state index < -0.39 is 0 Å². The van der Waals surface area contributed by atoms with E-state index in [9.17, 15) is 0 Å². The van der Waals surface area contributed by atoms with E-state index in [1.807, 2.05) is 23.5 Å². The van der Waals surface area contributed by atoms with E-state index >= 15 is 0 Å². The summed E-state index contributed by atoms with van der Waals surface area (Å²) in [6, 6.07) is 0. The Morgan fingerprint density at radius 1 is 1.27 bits per heavy atom. The van der Waals surface area contributed by atoms with Gasteiger partial charge < -0.3 is 0 Å². The van der Waals surface area contributed by atoms with Crippen LogP contribution in [0.3, 0.4) is 0 Å². The van der Waals surface area contributed by atoms with Gasteiger partial charge in [0.2, 0.25) is 0 Å². The second-order valence-electron chi connectivity index (χ2n) is 3.71. The van der Waals surface area contributed by atoms with Crippen LogP contribution in [-0.2, 0) is 0 Å². The summed E-state index contributed by atoms with van der Waals surface area (Å²) in [5.74, 6) is 5.34. The van der Waals surface area contributed by atoms with Gasteiger partial charge in [-0.05, 0) is 5.41 Å². The maximum absolute atomic E-state index is 5.56. The van der Waals surface area contributed by atoms with Crippen LogP contribution >= 0.6 is 23.5 Å². The standard InChI is InChI=1S/C9H14S2/c1-5-9(8(2,3)4)10-6-7-11-9/h1H,6-7H2,2-4H3. The van der Waals surface area contributed by atoms with Crippen molar-refractivity contribution >= 4 is 23.5 Å². The molecule has 1 rings (SSSR count). The van der Waals surface area contributed by atoms with Crippen molar-refractivity contribution in [1.82, 2.24) is 0 Å². The number of thioether (sulfide) groups is 2. The number of terminal acetylenes is 1. The quantitative estimate of drug-likeness (QED) is 0.534. The zero-order valence-corrected chi connectivity index (χ0v) is 8.94. The van der Waals surface area contributed by atoms with Crippen molar-refractivity contribution in [2.45, 2.75) is 24.9 Å². The van der Waals surface area contributed by atoms with Crippen molar-refractivity contribution < 1.29 is 0 Å². The molecule has 1 fully saturated rings. The predicted molar refractivity (Wildman–Crippen MR) is 55.9 cm³/mol. The van der Waals surface area contributed by atoms with E-state index in [0.29, 0.717) is 0 Å². The lowest BCUT2D eigenvalue weighted by atomic mass is 9.91. The Morgan fingerprint density at radius 2 is 1.73 bits per heavy atom. The molecule has 0 N–H and O–H groups in total. The molecular weight excluding hydrogens is 172 g/mol. The second kappa shape index (κ2) is 2.95. The van der Waals surface area contributed by atoms with Crippen LogP contribution in [0.1, 0.15) is 20.8 Å². The summed E-state index contributed by atoms with van der Waals surface area (Å²) in [4.78, 5) is 0.